The monoisotopic (exact) mass is 477 g/mol. The Morgan fingerprint density at radius 1 is 1.19 bits per heavy atom. The first-order valence-electron chi connectivity index (χ1n) is 9.02. The van der Waals surface area contributed by atoms with Crippen LogP contribution in [0.4, 0.5) is 0 Å². The number of likely N-dealkylation sites (tertiary alicyclic amines) is 1. The van der Waals surface area contributed by atoms with Crippen molar-refractivity contribution in [2.24, 2.45) is 4.99 Å². The van der Waals surface area contributed by atoms with Crippen LogP contribution in [-0.4, -0.2) is 71.1 Å². The van der Waals surface area contributed by atoms with Gasteiger partial charge >= 0.3 is 0 Å². The van der Waals surface area contributed by atoms with E-state index >= 15 is 0 Å². The van der Waals surface area contributed by atoms with Crippen molar-refractivity contribution in [2.45, 2.75) is 19.3 Å². The quantitative estimate of drug-likeness (QED) is 0.257. The van der Waals surface area contributed by atoms with E-state index in [1.807, 2.05) is 12.1 Å². The van der Waals surface area contributed by atoms with Crippen molar-refractivity contribution in [3.63, 3.8) is 0 Å². The maximum atomic E-state index is 5.49. The second-order valence-corrected chi connectivity index (χ2v) is 6.05. The molecule has 1 heterocycles. The van der Waals surface area contributed by atoms with Crippen LogP contribution in [0.3, 0.4) is 0 Å². The summed E-state index contributed by atoms with van der Waals surface area (Å²) in [5, 5.41) is 3.39. The van der Waals surface area contributed by atoms with E-state index in [0.717, 1.165) is 37.8 Å². The summed E-state index contributed by atoms with van der Waals surface area (Å²) in [4.78, 5) is 7.04. The summed E-state index contributed by atoms with van der Waals surface area (Å²) in [5.74, 6) is 2.42. The van der Waals surface area contributed by atoms with Gasteiger partial charge in [-0.3, -0.25) is 4.99 Å². The molecule has 1 aromatic carbocycles. The fraction of sp³-hybridized carbons (Fsp3) is 0.632. The molecule has 7 heteroatoms. The third-order valence-corrected chi connectivity index (χ3v) is 4.34. The van der Waals surface area contributed by atoms with Gasteiger partial charge in [-0.05, 0) is 31.0 Å². The molecule has 1 saturated heterocycles. The van der Waals surface area contributed by atoms with Crippen LogP contribution >= 0.6 is 24.0 Å². The second kappa shape index (κ2) is 13.2. The lowest BCUT2D eigenvalue weighted by Gasteiger charge is -2.22. The molecule has 1 fully saturated rings. The number of rotatable bonds is 9. The average Bonchev–Trinajstić information content (AvgIpc) is 3.13. The van der Waals surface area contributed by atoms with Crippen LogP contribution in [-0.2, 0) is 9.47 Å². The van der Waals surface area contributed by atoms with Crippen LogP contribution in [0.1, 0.15) is 24.8 Å². The molecule has 0 amide bonds. The fourth-order valence-corrected chi connectivity index (χ4v) is 2.99. The van der Waals surface area contributed by atoms with Crippen molar-refractivity contribution in [3.8, 4) is 5.75 Å². The van der Waals surface area contributed by atoms with Gasteiger partial charge in [-0.15, -0.1) is 24.0 Å². The first kappa shape index (κ1) is 23.0. The topological polar surface area (TPSA) is 55.3 Å². The van der Waals surface area contributed by atoms with Crippen LogP contribution in [0, 0.1) is 0 Å². The number of hydrogen-bond acceptors (Lipinski definition) is 4. The summed E-state index contributed by atoms with van der Waals surface area (Å²) in [6.07, 6.45) is 1.14. The molecule has 2 rings (SSSR count). The molecule has 0 saturated carbocycles. The van der Waals surface area contributed by atoms with Crippen molar-refractivity contribution >= 4 is 29.9 Å². The maximum absolute atomic E-state index is 5.49. The molecule has 26 heavy (non-hydrogen) atoms. The van der Waals surface area contributed by atoms with Crippen LogP contribution in [0.2, 0.25) is 0 Å². The molecule has 0 spiro atoms. The van der Waals surface area contributed by atoms with E-state index in [9.17, 15) is 0 Å². The number of ether oxygens (including phenoxy) is 3. The molecule has 1 atom stereocenters. The molecule has 6 nitrogen and oxygen atoms in total. The van der Waals surface area contributed by atoms with Crippen molar-refractivity contribution in [1.29, 1.82) is 0 Å². The molecular weight excluding hydrogens is 445 g/mol. The summed E-state index contributed by atoms with van der Waals surface area (Å²) < 4.78 is 15.7. The number of nitrogens with one attached hydrogen (secondary N) is 1. The van der Waals surface area contributed by atoms with E-state index in [4.69, 9.17) is 19.2 Å². The zero-order valence-electron chi connectivity index (χ0n) is 16.1. The number of guanidine groups is 1. The summed E-state index contributed by atoms with van der Waals surface area (Å²) in [5.41, 5.74) is 1.36. The molecule has 1 aliphatic rings. The Balaban J connectivity index is 0.00000338. The highest BCUT2D eigenvalue weighted by molar-refractivity contribution is 14.0. The number of hydrogen-bond donors (Lipinski definition) is 1. The highest BCUT2D eigenvalue weighted by atomic mass is 127. The predicted molar refractivity (Wildman–Crippen MR) is 116 cm³/mol. The predicted octanol–water partition coefficient (Wildman–Crippen LogP) is 2.73. The summed E-state index contributed by atoms with van der Waals surface area (Å²) in [6, 6.07) is 8.41. The lowest BCUT2D eigenvalue weighted by molar-refractivity contribution is 0.0747. The highest BCUT2D eigenvalue weighted by Gasteiger charge is 2.26. The Morgan fingerprint density at radius 3 is 2.62 bits per heavy atom. The van der Waals surface area contributed by atoms with Gasteiger partial charge in [0.2, 0.25) is 0 Å². The number of methoxy groups -OCH3 is 2. The Labute approximate surface area is 174 Å². The smallest absolute Gasteiger partial charge is 0.194 e. The molecule has 1 unspecified atom stereocenters. The maximum Gasteiger partial charge on any atom is 0.194 e. The van der Waals surface area contributed by atoms with Crippen LogP contribution < -0.4 is 10.1 Å². The Morgan fingerprint density at radius 2 is 1.96 bits per heavy atom. The van der Waals surface area contributed by atoms with Gasteiger partial charge in [0.1, 0.15) is 5.75 Å². The third-order valence-electron chi connectivity index (χ3n) is 4.34. The molecule has 0 aromatic heterocycles. The van der Waals surface area contributed by atoms with E-state index in [1.165, 1.54) is 5.56 Å². The molecule has 0 aliphatic carbocycles. The van der Waals surface area contributed by atoms with Crippen molar-refractivity contribution in [1.82, 2.24) is 10.2 Å². The molecule has 1 aliphatic heterocycles. The Bertz CT molecular complexity index is 525. The molecule has 1 N–H and O–H groups in total. The standard InChI is InChI=1S/C19H31N3O3.HI/c1-4-20-19(21-10-12-25-14-13-23-2)22-11-9-17(15-22)16-5-7-18(24-3)8-6-16;/h5-8,17H,4,9-15H2,1-3H3,(H,20,21);1H. The minimum absolute atomic E-state index is 0. The summed E-state index contributed by atoms with van der Waals surface area (Å²) in [7, 11) is 3.38. The number of aliphatic imine (C=N–C) groups is 1. The van der Waals surface area contributed by atoms with Crippen molar-refractivity contribution in [3.05, 3.63) is 29.8 Å². The van der Waals surface area contributed by atoms with E-state index in [-0.39, 0.29) is 24.0 Å². The zero-order valence-corrected chi connectivity index (χ0v) is 18.4. The molecular formula is C19H32IN3O3. The Kier molecular flexibility index (Phi) is 11.6. The molecule has 148 valence electrons. The van der Waals surface area contributed by atoms with E-state index in [1.54, 1.807) is 14.2 Å². The van der Waals surface area contributed by atoms with Gasteiger partial charge in [-0.25, -0.2) is 0 Å². The van der Waals surface area contributed by atoms with Gasteiger partial charge in [0.25, 0.3) is 0 Å². The van der Waals surface area contributed by atoms with E-state index in [2.05, 4.69) is 29.3 Å². The Hall–Kier alpha value is -1.06. The van der Waals surface area contributed by atoms with E-state index in [0.29, 0.717) is 32.3 Å². The first-order chi connectivity index (χ1) is 12.3. The van der Waals surface area contributed by atoms with Gasteiger partial charge in [0, 0.05) is 32.7 Å². The number of halogens is 1. The average molecular weight is 477 g/mol. The fourth-order valence-electron chi connectivity index (χ4n) is 2.99. The van der Waals surface area contributed by atoms with Gasteiger partial charge in [-0.2, -0.15) is 0 Å². The molecule has 0 bridgehead atoms. The minimum atomic E-state index is 0. The van der Waals surface area contributed by atoms with Crippen LogP contribution in [0.5, 0.6) is 5.75 Å². The largest absolute Gasteiger partial charge is 0.497 e. The highest BCUT2D eigenvalue weighted by Crippen LogP contribution is 2.28. The third kappa shape index (κ3) is 7.28. The summed E-state index contributed by atoms with van der Waals surface area (Å²) >= 11 is 0. The van der Waals surface area contributed by atoms with Crippen molar-refractivity contribution in [2.75, 3.05) is 60.2 Å². The zero-order chi connectivity index (χ0) is 17.9. The summed E-state index contributed by atoms with van der Waals surface area (Å²) in [6.45, 7) is 7.50. The molecule has 0 radical (unpaired) electrons. The SMILES string of the molecule is CCNC(=NCCOCCOC)N1CCC(c2ccc(OC)cc2)C1.I. The van der Waals surface area contributed by atoms with Gasteiger partial charge in [-0.1, -0.05) is 12.1 Å². The normalized spacial score (nSPS) is 17.1. The van der Waals surface area contributed by atoms with Gasteiger partial charge in [0.15, 0.2) is 5.96 Å². The van der Waals surface area contributed by atoms with E-state index < -0.39 is 0 Å². The van der Waals surface area contributed by atoms with Crippen LogP contribution in [0.15, 0.2) is 29.3 Å². The lowest BCUT2D eigenvalue weighted by atomic mass is 9.98. The van der Waals surface area contributed by atoms with Crippen molar-refractivity contribution < 1.29 is 14.2 Å². The number of benzene rings is 1. The van der Waals surface area contributed by atoms with Gasteiger partial charge in [0.05, 0.1) is 33.5 Å². The lowest BCUT2D eigenvalue weighted by Crippen LogP contribution is -2.40. The van der Waals surface area contributed by atoms with Crippen LogP contribution in [0.25, 0.3) is 0 Å². The van der Waals surface area contributed by atoms with Gasteiger partial charge < -0.3 is 24.4 Å². The second-order valence-electron chi connectivity index (χ2n) is 6.05. The molecule has 1 aromatic rings. The minimum Gasteiger partial charge on any atom is -0.497 e. The first-order valence-corrected chi connectivity index (χ1v) is 9.02. The number of nitrogens with zero attached hydrogens (tertiary/aromatic N) is 2.